The lowest BCUT2D eigenvalue weighted by Gasteiger charge is -2.18. The molecule has 0 aliphatic rings. The van der Waals surface area contributed by atoms with Crippen LogP contribution in [0.25, 0.3) is 0 Å². The van der Waals surface area contributed by atoms with E-state index in [2.05, 4.69) is 31.9 Å². The van der Waals surface area contributed by atoms with Crippen molar-refractivity contribution in [1.29, 1.82) is 0 Å². The van der Waals surface area contributed by atoms with E-state index in [0.717, 1.165) is 25.6 Å². The number of ether oxygens (including phenoxy) is 2. The van der Waals surface area contributed by atoms with Crippen LogP contribution in [-0.4, -0.2) is 14.2 Å². The number of methoxy groups -OCH3 is 2. The normalized spacial score (nSPS) is 12.1. The van der Waals surface area contributed by atoms with Gasteiger partial charge in [-0.15, -0.1) is 11.6 Å². The molecule has 0 saturated carbocycles. The van der Waals surface area contributed by atoms with Gasteiger partial charge in [-0.1, -0.05) is 37.9 Å². The number of halogens is 3. The number of hydrogen-bond acceptors (Lipinski definition) is 2. The summed E-state index contributed by atoms with van der Waals surface area (Å²) in [6, 6.07) is 9.86. The van der Waals surface area contributed by atoms with Crippen molar-refractivity contribution in [2.75, 3.05) is 14.2 Å². The lowest BCUT2D eigenvalue weighted by atomic mass is 10.00. The standard InChI is InChI=1S/C16H15Br2ClO2/c1-9-4-5-10(17)6-11(9)16(19)12-7-14(20-2)15(21-3)8-13(12)18/h4-8,16H,1-3H3. The zero-order valence-electron chi connectivity index (χ0n) is 11.9. The highest BCUT2D eigenvalue weighted by atomic mass is 79.9. The summed E-state index contributed by atoms with van der Waals surface area (Å²) in [6.45, 7) is 2.05. The third kappa shape index (κ3) is 3.55. The zero-order valence-corrected chi connectivity index (χ0v) is 15.8. The maximum atomic E-state index is 6.69. The fourth-order valence-electron chi connectivity index (χ4n) is 2.12. The van der Waals surface area contributed by atoms with E-state index < -0.39 is 0 Å². The molecule has 0 amide bonds. The molecule has 0 fully saturated rings. The van der Waals surface area contributed by atoms with Crippen LogP contribution in [0.5, 0.6) is 11.5 Å². The van der Waals surface area contributed by atoms with Crippen molar-refractivity contribution in [3.63, 3.8) is 0 Å². The average Bonchev–Trinajstić information content (AvgIpc) is 2.48. The minimum atomic E-state index is -0.281. The topological polar surface area (TPSA) is 18.5 Å². The summed E-state index contributed by atoms with van der Waals surface area (Å²) in [6.07, 6.45) is 0. The predicted molar refractivity (Wildman–Crippen MR) is 93.8 cm³/mol. The van der Waals surface area contributed by atoms with Crippen molar-refractivity contribution < 1.29 is 9.47 Å². The van der Waals surface area contributed by atoms with Crippen LogP contribution < -0.4 is 9.47 Å². The highest BCUT2D eigenvalue weighted by Gasteiger charge is 2.19. The van der Waals surface area contributed by atoms with E-state index in [4.69, 9.17) is 21.1 Å². The van der Waals surface area contributed by atoms with E-state index in [0.29, 0.717) is 11.5 Å². The molecule has 0 spiro atoms. The van der Waals surface area contributed by atoms with Gasteiger partial charge in [-0.2, -0.15) is 0 Å². The first kappa shape index (κ1) is 16.7. The Morgan fingerprint density at radius 3 is 2.19 bits per heavy atom. The summed E-state index contributed by atoms with van der Waals surface area (Å²) in [5.74, 6) is 1.33. The third-order valence-electron chi connectivity index (χ3n) is 3.29. The Morgan fingerprint density at radius 1 is 0.952 bits per heavy atom. The first-order valence-electron chi connectivity index (χ1n) is 6.29. The van der Waals surface area contributed by atoms with Gasteiger partial charge in [-0.3, -0.25) is 0 Å². The quantitative estimate of drug-likeness (QED) is 0.561. The van der Waals surface area contributed by atoms with E-state index in [9.17, 15) is 0 Å². The summed E-state index contributed by atoms with van der Waals surface area (Å²) in [7, 11) is 3.23. The highest BCUT2D eigenvalue weighted by molar-refractivity contribution is 9.10. The van der Waals surface area contributed by atoms with Gasteiger partial charge in [0.15, 0.2) is 11.5 Å². The van der Waals surface area contributed by atoms with Crippen LogP contribution in [0.15, 0.2) is 39.3 Å². The largest absolute Gasteiger partial charge is 0.493 e. The van der Waals surface area contributed by atoms with Crippen molar-refractivity contribution in [3.05, 3.63) is 56.0 Å². The van der Waals surface area contributed by atoms with Crippen LogP contribution in [0.3, 0.4) is 0 Å². The Labute approximate surface area is 146 Å². The Bertz CT molecular complexity index is 659. The molecule has 0 N–H and O–H groups in total. The van der Waals surface area contributed by atoms with Crippen LogP contribution in [0.4, 0.5) is 0 Å². The van der Waals surface area contributed by atoms with Crippen LogP contribution in [0, 0.1) is 6.92 Å². The van der Waals surface area contributed by atoms with Gasteiger partial charge in [-0.05, 0) is 47.9 Å². The second kappa shape index (κ2) is 7.03. The molecule has 0 saturated heterocycles. The van der Waals surface area contributed by atoms with Crippen LogP contribution >= 0.6 is 43.5 Å². The molecular formula is C16H15Br2ClO2. The molecule has 2 rings (SSSR count). The minimum Gasteiger partial charge on any atom is -0.493 e. The molecule has 1 unspecified atom stereocenters. The molecule has 0 heterocycles. The van der Waals surface area contributed by atoms with E-state index in [1.54, 1.807) is 14.2 Å². The molecule has 0 radical (unpaired) electrons. The Kier molecular flexibility index (Phi) is 5.58. The molecule has 2 aromatic carbocycles. The number of benzene rings is 2. The van der Waals surface area contributed by atoms with E-state index in [-0.39, 0.29) is 5.38 Å². The lowest BCUT2D eigenvalue weighted by molar-refractivity contribution is 0.354. The first-order chi connectivity index (χ1) is 9.97. The Hall–Kier alpha value is -0.710. The summed E-state index contributed by atoms with van der Waals surface area (Å²) >= 11 is 13.7. The molecule has 0 aromatic heterocycles. The van der Waals surface area contributed by atoms with Gasteiger partial charge in [0, 0.05) is 8.95 Å². The number of aryl methyl sites for hydroxylation is 1. The monoisotopic (exact) mass is 432 g/mol. The van der Waals surface area contributed by atoms with Crippen molar-refractivity contribution in [2.45, 2.75) is 12.3 Å². The van der Waals surface area contributed by atoms with Gasteiger partial charge in [0.2, 0.25) is 0 Å². The van der Waals surface area contributed by atoms with Crippen molar-refractivity contribution >= 4 is 43.5 Å². The predicted octanol–water partition coefficient (Wildman–Crippen LogP) is 5.87. The van der Waals surface area contributed by atoms with Gasteiger partial charge in [0.05, 0.1) is 19.6 Å². The fourth-order valence-corrected chi connectivity index (χ4v) is 3.59. The van der Waals surface area contributed by atoms with Gasteiger partial charge in [-0.25, -0.2) is 0 Å². The average molecular weight is 435 g/mol. The van der Waals surface area contributed by atoms with E-state index in [1.807, 2.05) is 37.3 Å². The Balaban J connectivity index is 2.52. The van der Waals surface area contributed by atoms with Crippen LogP contribution in [-0.2, 0) is 0 Å². The first-order valence-corrected chi connectivity index (χ1v) is 8.31. The van der Waals surface area contributed by atoms with Crippen molar-refractivity contribution in [1.82, 2.24) is 0 Å². The summed E-state index contributed by atoms with van der Waals surface area (Å²) in [4.78, 5) is 0. The summed E-state index contributed by atoms with van der Waals surface area (Å²) in [5, 5.41) is -0.281. The molecule has 2 aromatic rings. The van der Waals surface area contributed by atoms with Gasteiger partial charge < -0.3 is 9.47 Å². The van der Waals surface area contributed by atoms with Crippen molar-refractivity contribution in [2.24, 2.45) is 0 Å². The zero-order chi connectivity index (χ0) is 15.6. The van der Waals surface area contributed by atoms with E-state index in [1.165, 1.54) is 0 Å². The number of rotatable bonds is 4. The maximum absolute atomic E-state index is 6.69. The van der Waals surface area contributed by atoms with Crippen LogP contribution in [0.1, 0.15) is 22.1 Å². The molecule has 2 nitrogen and oxygen atoms in total. The molecular weight excluding hydrogens is 419 g/mol. The molecule has 0 aliphatic heterocycles. The number of hydrogen-bond donors (Lipinski definition) is 0. The maximum Gasteiger partial charge on any atom is 0.161 e. The number of alkyl halides is 1. The second-order valence-corrected chi connectivity index (χ2v) is 6.80. The van der Waals surface area contributed by atoms with Gasteiger partial charge in [0.25, 0.3) is 0 Å². The van der Waals surface area contributed by atoms with E-state index >= 15 is 0 Å². The fraction of sp³-hybridized carbons (Fsp3) is 0.250. The molecule has 1 atom stereocenters. The van der Waals surface area contributed by atoms with Crippen molar-refractivity contribution in [3.8, 4) is 11.5 Å². The Morgan fingerprint density at radius 2 is 1.57 bits per heavy atom. The smallest absolute Gasteiger partial charge is 0.161 e. The third-order valence-corrected chi connectivity index (χ3v) is 4.94. The van der Waals surface area contributed by atoms with Crippen LogP contribution in [0.2, 0.25) is 0 Å². The molecule has 21 heavy (non-hydrogen) atoms. The molecule has 112 valence electrons. The van der Waals surface area contributed by atoms with Gasteiger partial charge >= 0.3 is 0 Å². The lowest BCUT2D eigenvalue weighted by Crippen LogP contribution is -2.00. The molecule has 0 bridgehead atoms. The SMILES string of the molecule is COc1cc(Br)c(C(Cl)c2cc(Br)ccc2C)cc1OC. The second-order valence-electron chi connectivity index (χ2n) is 4.59. The van der Waals surface area contributed by atoms with Gasteiger partial charge in [0.1, 0.15) is 0 Å². The summed E-state index contributed by atoms with van der Waals surface area (Å²) < 4.78 is 12.5. The summed E-state index contributed by atoms with van der Waals surface area (Å²) in [5.41, 5.74) is 3.13. The molecule has 5 heteroatoms. The minimum absolute atomic E-state index is 0.281. The highest BCUT2D eigenvalue weighted by Crippen LogP contribution is 2.41. The molecule has 0 aliphatic carbocycles.